The average Bonchev–Trinajstić information content (AvgIpc) is 2.93. The van der Waals surface area contributed by atoms with Crippen LogP contribution >= 0.6 is 12.4 Å². The number of para-hydroxylation sites is 1. The molecule has 142 valence electrons. The highest BCUT2D eigenvalue weighted by Crippen LogP contribution is 2.19. The Labute approximate surface area is 163 Å². The van der Waals surface area contributed by atoms with Gasteiger partial charge in [0.1, 0.15) is 0 Å². The SMILES string of the molecule is Cl.Nc1ccccc1CCC(=O)Nc1ccc(CC2CC(=O)NC2=O)cc1. The van der Waals surface area contributed by atoms with Crippen LogP contribution in [-0.4, -0.2) is 17.7 Å². The summed E-state index contributed by atoms with van der Waals surface area (Å²) in [7, 11) is 0. The minimum absolute atomic E-state index is 0. The van der Waals surface area contributed by atoms with E-state index >= 15 is 0 Å². The lowest BCUT2D eigenvalue weighted by Crippen LogP contribution is -2.22. The highest BCUT2D eigenvalue weighted by Gasteiger charge is 2.30. The van der Waals surface area contributed by atoms with E-state index < -0.39 is 0 Å². The molecule has 1 fully saturated rings. The number of anilines is 2. The van der Waals surface area contributed by atoms with Gasteiger partial charge >= 0.3 is 0 Å². The number of halogens is 1. The van der Waals surface area contributed by atoms with E-state index in [4.69, 9.17) is 5.73 Å². The lowest BCUT2D eigenvalue weighted by molar-refractivity contribution is -0.125. The van der Waals surface area contributed by atoms with Gasteiger partial charge in [-0.15, -0.1) is 12.4 Å². The first-order valence-corrected chi connectivity index (χ1v) is 8.57. The minimum atomic E-state index is -0.306. The summed E-state index contributed by atoms with van der Waals surface area (Å²) in [6.07, 6.45) is 1.68. The van der Waals surface area contributed by atoms with Crippen LogP contribution in [0.3, 0.4) is 0 Å². The van der Waals surface area contributed by atoms with Crippen LogP contribution in [0.2, 0.25) is 0 Å². The molecular formula is C20H22ClN3O3. The number of carbonyl (C=O) groups excluding carboxylic acids is 3. The van der Waals surface area contributed by atoms with Crippen LogP contribution in [-0.2, 0) is 27.2 Å². The van der Waals surface area contributed by atoms with Crippen molar-refractivity contribution in [1.82, 2.24) is 5.32 Å². The summed E-state index contributed by atoms with van der Waals surface area (Å²) in [4.78, 5) is 34.9. The van der Waals surface area contributed by atoms with Crippen molar-refractivity contribution < 1.29 is 14.4 Å². The largest absolute Gasteiger partial charge is 0.399 e. The smallest absolute Gasteiger partial charge is 0.230 e. The van der Waals surface area contributed by atoms with Gasteiger partial charge in [-0.25, -0.2) is 0 Å². The highest BCUT2D eigenvalue weighted by atomic mass is 35.5. The number of nitrogens with one attached hydrogen (secondary N) is 2. The molecule has 2 aromatic carbocycles. The highest BCUT2D eigenvalue weighted by molar-refractivity contribution is 6.03. The minimum Gasteiger partial charge on any atom is -0.399 e. The summed E-state index contributed by atoms with van der Waals surface area (Å²) in [5.74, 6) is -0.823. The molecule has 1 saturated heterocycles. The van der Waals surface area contributed by atoms with Crippen LogP contribution in [0.25, 0.3) is 0 Å². The summed E-state index contributed by atoms with van der Waals surface area (Å²) in [5.41, 5.74) is 9.19. The van der Waals surface area contributed by atoms with Crippen molar-refractivity contribution in [2.45, 2.75) is 25.7 Å². The summed E-state index contributed by atoms with van der Waals surface area (Å²) in [5, 5.41) is 5.17. The average molecular weight is 388 g/mol. The van der Waals surface area contributed by atoms with Gasteiger partial charge in [-0.05, 0) is 42.2 Å². The second-order valence-corrected chi connectivity index (χ2v) is 6.46. The molecule has 2 aromatic rings. The monoisotopic (exact) mass is 387 g/mol. The van der Waals surface area contributed by atoms with E-state index in [-0.39, 0.29) is 42.5 Å². The Morgan fingerprint density at radius 1 is 1.11 bits per heavy atom. The molecule has 1 unspecified atom stereocenters. The van der Waals surface area contributed by atoms with Gasteiger partial charge < -0.3 is 11.1 Å². The maximum Gasteiger partial charge on any atom is 0.230 e. The van der Waals surface area contributed by atoms with Crippen LogP contribution in [0, 0.1) is 5.92 Å². The van der Waals surface area contributed by atoms with Crippen LogP contribution < -0.4 is 16.4 Å². The summed E-state index contributed by atoms with van der Waals surface area (Å²) >= 11 is 0. The zero-order valence-corrected chi connectivity index (χ0v) is 15.6. The van der Waals surface area contributed by atoms with E-state index in [0.29, 0.717) is 30.6 Å². The maximum atomic E-state index is 12.1. The zero-order valence-electron chi connectivity index (χ0n) is 14.7. The van der Waals surface area contributed by atoms with Gasteiger partial charge in [0.25, 0.3) is 0 Å². The predicted octanol–water partition coefficient (Wildman–Crippen LogP) is 2.47. The maximum absolute atomic E-state index is 12.1. The molecular weight excluding hydrogens is 366 g/mol. The lowest BCUT2D eigenvalue weighted by Gasteiger charge is -2.09. The van der Waals surface area contributed by atoms with E-state index in [2.05, 4.69) is 10.6 Å². The molecule has 3 rings (SSSR count). The number of benzene rings is 2. The van der Waals surface area contributed by atoms with Gasteiger partial charge in [0, 0.05) is 24.2 Å². The summed E-state index contributed by atoms with van der Waals surface area (Å²) < 4.78 is 0. The Balaban J connectivity index is 0.00000261. The van der Waals surface area contributed by atoms with E-state index in [1.165, 1.54) is 0 Å². The van der Waals surface area contributed by atoms with Gasteiger partial charge in [0.05, 0.1) is 5.92 Å². The fourth-order valence-electron chi connectivity index (χ4n) is 3.01. The van der Waals surface area contributed by atoms with Crippen molar-refractivity contribution in [3.63, 3.8) is 0 Å². The van der Waals surface area contributed by atoms with Gasteiger partial charge in [0.2, 0.25) is 17.7 Å². The molecule has 0 spiro atoms. The Kier molecular flexibility index (Phi) is 6.96. The van der Waals surface area contributed by atoms with Crippen LogP contribution in [0.1, 0.15) is 24.0 Å². The van der Waals surface area contributed by atoms with Crippen molar-refractivity contribution in [3.05, 3.63) is 59.7 Å². The predicted molar refractivity (Wildman–Crippen MR) is 106 cm³/mol. The Morgan fingerprint density at radius 3 is 2.44 bits per heavy atom. The summed E-state index contributed by atoms with van der Waals surface area (Å²) in [6.45, 7) is 0. The summed E-state index contributed by atoms with van der Waals surface area (Å²) in [6, 6.07) is 14.8. The molecule has 1 aliphatic heterocycles. The molecule has 1 aliphatic rings. The Bertz CT molecular complexity index is 837. The van der Waals surface area contributed by atoms with Crippen molar-refractivity contribution in [2.24, 2.45) is 5.92 Å². The van der Waals surface area contributed by atoms with E-state index in [0.717, 1.165) is 11.1 Å². The standard InChI is InChI=1S/C20H21N3O3.ClH/c21-17-4-2-1-3-14(17)7-10-18(24)22-16-8-5-13(6-9-16)11-15-12-19(25)23-20(15)26;/h1-6,8-9,15H,7,10-12,21H2,(H,22,24)(H,23,25,26);1H. The molecule has 4 N–H and O–H groups in total. The van der Waals surface area contributed by atoms with E-state index in [9.17, 15) is 14.4 Å². The number of aryl methyl sites for hydroxylation is 1. The van der Waals surface area contributed by atoms with Crippen molar-refractivity contribution in [1.29, 1.82) is 0 Å². The second-order valence-electron chi connectivity index (χ2n) is 6.46. The van der Waals surface area contributed by atoms with E-state index in [1.807, 2.05) is 36.4 Å². The number of nitrogen functional groups attached to an aromatic ring is 1. The lowest BCUT2D eigenvalue weighted by atomic mass is 9.98. The number of carbonyl (C=O) groups is 3. The third-order valence-electron chi connectivity index (χ3n) is 4.46. The van der Waals surface area contributed by atoms with Gasteiger partial charge in [-0.1, -0.05) is 30.3 Å². The Morgan fingerprint density at radius 2 is 1.81 bits per heavy atom. The normalized spacial score (nSPS) is 15.8. The quantitative estimate of drug-likeness (QED) is 0.523. The molecule has 0 aromatic heterocycles. The molecule has 1 heterocycles. The molecule has 3 amide bonds. The molecule has 0 aliphatic carbocycles. The zero-order chi connectivity index (χ0) is 18.5. The first kappa shape index (κ1) is 20.5. The molecule has 27 heavy (non-hydrogen) atoms. The first-order chi connectivity index (χ1) is 12.5. The molecule has 6 nitrogen and oxygen atoms in total. The van der Waals surface area contributed by atoms with Crippen LogP contribution in [0.5, 0.6) is 0 Å². The number of hydrogen-bond donors (Lipinski definition) is 3. The Hall–Kier alpha value is -2.86. The fraction of sp³-hybridized carbons (Fsp3) is 0.250. The molecule has 7 heteroatoms. The third-order valence-corrected chi connectivity index (χ3v) is 4.46. The number of imide groups is 1. The molecule has 0 bridgehead atoms. The number of rotatable bonds is 6. The van der Waals surface area contributed by atoms with Crippen LogP contribution in [0.15, 0.2) is 48.5 Å². The van der Waals surface area contributed by atoms with E-state index in [1.54, 1.807) is 12.1 Å². The van der Waals surface area contributed by atoms with Gasteiger partial charge in [-0.3, -0.25) is 19.7 Å². The number of amides is 3. The molecule has 0 radical (unpaired) electrons. The molecule has 0 saturated carbocycles. The third kappa shape index (κ3) is 5.56. The van der Waals surface area contributed by atoms with Gasteiger partial charge in [0.15, 0.2) is 0 Å². The van der Waals surface area contributed by atoms with Crippen molar-refractivity contribution in [2.75, 3.05) is 11.1 Å². The first-order valence-electron chi connectivity index (χ1n) is 8.57. The number of hydrogen-bond acceptors (Lipinski definition) is 4. The van der Waals surface area contributed by atoms with Crippen molar-refractivity contribution in [3.8, 4) is 0 Å². The molecule has 1 atom stereocenters. The fourth-order valence-corrected chi connectivity index (χ4v) is 3.01. The second kappa shape index (κ2) is 9.19. The van der Waals surface area contributed by atoms with Gasteiger partial charge in [-0.2, -0.15) is 0 Å². The van der Waals surface area contributed by atoms with Crippen LogP contribution in [0.4, 0.5) is 11.4 Å². The topological polar surface area (TPSA) is 101 Å². The number of nitrogens with two attached hydrogens (primary N) is 1. The van der Waals surface area contributed by atoms with Crippen molar-refractivity contribution >= 4 is 41.5 Å².